The topological polar surface area (TPSA) is 46.7 Å². The van der Waals surface area contributed by atoms with Crippen LogP contribution in [0.15, 0.2) is 216 Å². The number of rotatable bonds is 4. The molecule has 3 N–H and O–H groups in total. The molecule has 14 rings (SSSR count). The van der Waals surface area contributed by atoms with Crippen LogP contribution in [0.4, 0.5) is 0 Å². The molecule has 9 aromatic rings. The second-order valence-corrected chi connectivity index (χ2v) is 19.2. The molecule has 312 valence electrons. The number of nitrogens with zero attached hydrogens (tertiary/aromatic N) is 1. The minimum absolute atomic E-state index is 0.0278. The molecule has 4 heterocycles. The van der Waals surface area contributed by atoms with Crippen molar-refractivity contribution in [3.8, 4) is 16.8 Å². The lowest BCUT2D eigenvalue weighted by molar-refractivity contribution is -0.732. The van der Waals surface area contributed by atoms with Gasteiger partial charge in [-0.15, -0.1) is 0 Å². The number of aromatic nitrogens is 1. The van der Waals surface area contributed by atoms with Crippen LogP contribution in [0.1, 0.15) is 71.8 Å². The van der Waals surface area contributed by atoms with Gasteiger partial charge in [0.1, 0.15) is 17.2 Å². The van der Waals surface area contributed by atoms with Gasteiger partial charge in [-0.1, -0.05) is 178 Å². The predicted octanol–water partition coefficient (Wildman–Crippen LogP) is 13.5. The lowest BCUT2D eigenvalue weighted by atomic mass is 9.53. The number of furan rings is 1. The summed E-state index contributed by atoms with van der Waals surface area (Å²) in [6, 6.07) is 56.8. The van der Waals surface area contributed by atoms with Gasteiger partial charge in [0.2, 0.25) is 0 Å². The molecule has 0 saturated carbocycles. The molecule has 5 aliphatic rings. The number of nitrogens with one attached hydrogen (secondary N) is 1. The highest BCUT2D eigenvalue weighted by atomic mass is 16.3. The van der Waals surface area contributed by atoms with Crippen LogP contribution in [0.2, 0.25) is 0 Å². The number of allylic oxidation sites excluding steroid dienone is 7. The average Bonchev–Trinajstić information content (AvgIpc) is 3.98. The summed E-state index contributed by atoms with van der Waals surface area (Å²) in [5, 5.41) is 11.2. The van der Waals surface area contributed by atoms with E-state index in [1.54, 1.807) is 0 Å². The van der Waals surface area contributed by atoms with E-state index >= 15 is 0 Å². The molecular weight excluding hydrogens is 791 g/mol. The van der Waals surface area contributed by atoms with Gasteiger partial charge in [0, 0.05) is 56.0 Å². The Morgan fingerprint density at radius 1 is 0.692 bits per heavy atom. The van der Waals surface area contributed by atoms with Gasteiger partial charge >= 0.3 is 0 Å². The summed E-state index contributed by atoms with van der Waals surface area (Å²) in [6.07, 6.45) is 20.0. The molecule has 7 aromatic carbocycles. The summed E-state index contributed by atoms with van der Waals surface area (Å²) in [5.74, 6) is 0.753. The van der Waals surface area contributed by atoms with Crippen LogP contribution < -0.4 is 10.6 Å². The zero-order chi connectivity index (χ0) is 43.0. The number of para-hydroxylation sites is 2. The Kier molecular flexibility index (Phi) is 7.72. The standard InChI is InChI=1S/C61H47N3O/c1-37-27-29-40(30-28-37)52-36-51(39-18-7-4-8-19-39)62-59(63-52)41-31-32-53-46(34-41)55-56-50(35-45-43-22-15-21-42(57(43)65-58(45)55)38-16-5-3-6-17-38)61(49-25-11-12-26-54(49)64(53)56)48-24-10-9-20-44(48)47-23-13-14-33-60(47,61)2/h3-27,29-37,47,51,59,62-63H,28H2,1-2H3/p+1. The van der Waals surface area contributed by atoms with Crippen molar-refractivity contribution in [2.75, 3.05) is 0 Å². The minimum atomic E-state index is -0.494. The first-order chi connectivity index (χ1) is 32.0. The predicted molar refractivity (Wildman–Crippen MR) is 265 cm³/mol. The van der Waals surface area contributed by atoms with Gasteiger partial charge in [-0.2, -0.15) is 0 Å². The normalized spacial score (nSPS) is 24.9. The number of hydrogen-bond acceptors (Lipinski definition) is 2. The van der Waals surface area contributed by atoms with E-state index in [0.717, 1.165) is 39.5 Å². The smallest absolute Gasteiger partial charge is 0.186 e. The quantitative estimate of drug-likeness (QED) is 0.185. The number of quaternary nitrogens is 1. The van der Waals surface area contributed by atoms with Crippen molar-refractivity contribution in [3.63, 3.8) is 0 Å². The van der Waals surface area contributed by atoms with Crippen LogP contribution in [0.3, 0.4) is 0 Å². The van der Waals surface area contributed by atoms with Gasteiger partial charge < -0.3 is 19.6 Å². The van der Waals surface area contributed by atoms with E-state index in [9.17, 15) is 0 Å². The number of fused-ring (bicyclic) bond motifs is 16. The molecule has 0 radical (unpaired) electrons. The van der Waals surface area contributed by atoms with Crippen molar-refractivity contribution >= 4 is 43.7 Å². The van der Waals surface area contributed by atoms with Crippen LogP contribution >= 0.6 is 0 Å². The number of benzene rings is 7. The first kappa shape index (κ1) is 37.0. The van der Waals surface area contributed by atoms with Crippen molar-refractivity contribution < 1.29 is 9.73 Å². The fourth-order valence-electron chi connectivity index (χ4n) is 12.9. The van der Waals surface area contributed by atoms with Crippen LogP contribution in [0.5, 0.6) is 0 Å². The highest BCUT2D eigenvalue weighted by Gasteiger charge is 2.63. The summed E-state index contributed by atoms with van der Waals surface area (Å²) in [6.45, 7) is 4.80. The summed E-state index contributed by atoms with van der Waals surface area (Å²) < 4.78 is 9.99. The van der Waals surface area contributed by atoms with Gasteiger partial charge in [0.05, 0.1) is 27.5 Å². The van der Waals surface area contributed by atoms with Gasteiger partial charge in [-0.05, 0) is 76.1 Å². The Morgan fingerprint density at radius 2 is 1.49 bits per heavy atom. The molecule has 65 heavy (non-hydrogen) atoms. The molecule has 1 spiro atoms. The summed E-state index contributed by atoms with van der Waals surface area (Å²) in [7, 11) is 0. The second-order valence-electron chi connectivity index (χ2n) is 19.2. The van der Waals surface area contributed by atoms with Crippen LogP contribution in [0, 0.1) is 11.3 Å². The van der Waals surface area contributed by atoms with E-state index in [-0.39, 0.29) is 23.5 Å². The van der Waals surface area contributed by atoms with E-state index in [1.165, 1.54) is 72.1 Å². The third-order valence-corrected chi connectivity index (χ3v) is 15.8. The Hall–Kier alpha value is -7.40. The molecule has 3 aliphatic carbocycles. The summed E-state index contributed by atoms with van der Waals surface area (Å²) >= 11 is 0. The average molecular weight is 839 g/mol. The molecular formula is C61H48N3O+. The van der Waals surface area contributed by atoms with Crippen molar-refractivity contribution in [2.45, 2.75) is 43.8 Å². The zero-order valence-electron chi connectivity index (χ0n) is 36.5. The maximum absolute atomic E-state index is 7.42. The van der Waals surface area contributed by atoms with Gasteiger partial charge in [0.25, 0.3) is 0 Å². The fraction of sp³-hybridized carbons (Fsp3) is 0.148. The van der Waals surface area contributed by atoms with Crippen molar-refractivity contribution in [2.24, 2.45) is 11.3 Å². The molecule has 0 saturated heterocycles. The van der Waals surface area contributed by atoms with Gasteiger partial charge in [-0.3, -0.25) is 0 Å². The van der Waals surface area contributed by atoms with E-state index in [1.807, 2.05) is 0 Å². The molecule has 2 aromatic heterocycles. The lowest BCUT2D eigenvalue weighted by Crippen LogP contribution is -2.90. The zero-order valence-corrected chi connectivity index (χ0v) is 36.5. The van der Waals surface area contributed by atoms with Crippen LogP contribution in [-0.4, -0.2) is 4.57 Å². The molecule has 0 amide bonds. The number of hydrogen-bond donors (Lipinski definition) is 2. The summed E-state index contributed by atoms with van der Waals surface area (Å²) in [5.41, 5.74) is 17.5. The van der Waals surface area contributed by atoms with Crippen LogP contribution in [0.25, 0.3) is 60.6 Å². The summed E-state index contributed by atoms with van der Waals surface area (Å²) in [4.78, 5) is 0. The molecule has 6 atom stereocenters. The van der Waals surface area contributed by atoms with Crippen molar-refractivity contribution in [1.29, 1.82) is 0 Å². The largest absolute Gasteiger partial charge is 0.455 e. The lowest BCUT2D eigenvalue weighted by Gasteiger charge is -2.49. The van der Waals surface area contributed by atoms with Crippen LogP contribution in [-0.2, 0) is 5.41 Å². The fourth-order valence-corrected chi connectivity index (χ4v) is 12.9. The monoisotopic (exact) mass is 838 g/mol. The third-order valence-electron chi connectivity index (χ3n) is 15.8. The highest BCUT2D eigenvalue weighted by Crippen LogP contribution is 2.70. The van der Waals surface area contributed by atoms with Gasteiger partial charge in [-0.25, -0.2) is 0 Å². The maximum Gasteiger partial charge on any atom is 0.186 e. The molecule has 4 nitrogen and oxygen atoms in total. The third kappa shape index (κ3) is 4.95. The SMILES string of the molecule is CC1C=CC(C2=CC(c3ccccc3)[NH2+]C(c3ccc4c(c3)c3c5oc6c(-c7ccccc7)cccc6c5cc5c3n4-c3ccccc3C53c4ccccc4C4C=CC=CC43C)N2)=CC1. The second kappa shape index (κ2) is 13.6. The molecule has 6 unspecified atom stereocenters. The van der Waals surface area contributed by atoms with E-state index in [0.29, 0.717) is 5.92 Å². The maximum atomic E-state index is 7.42. The Balaban J connectivity index is 1.09. The first-order valence-electron chi connectivity index (χ1n) is 23.4. The molecule has 0 fully saturated rings. The molecule has 4 heteroatoms. The van der Waals surface area contributed by atoms with E-state index < -0.39 is 5.41 Å². The minimum Gasteiger partial charge on any atom is -0.455 e. The first-order valence-corrected chi connectivity index (χ1v) is 23.4. The van der Waals surface area contributed by atoms with E-state index in [4.69, 9.17) is 4.42 Å². The van der Waals surface area contributed by atoms with Gasteiger partial charge in [0.15, 0.2) is 6.17 Å². The Bertz CT molecular complexity index is 3640. The van der Waals surface area contributed by atoms with Crippen molar-refractivity contribution in [1.82, 2.24) is 9.88 Å². The number of nitrogens with two attached hydrogens (primary N) is 1. The Morgan fingerprint density at radius 3 is 2.34 bits per heavy atom. The van der Waals surface area contributed by atoms with Crippen molar-refractivity contribution in [3.05, 3.63) is 245 Å². The molecule has 0 bridgehead atoms. The van der Waals surface area contributed by atoms with E-state index in [2.05, 4.69) is 229 Å². The Labute approximate surface area is 378 Å². The molecule has 2 aliphatic heterocycles. The highest BCUT2D eigenvalue weighted by molar-refractivity contribution is 6.26.